The van der Waals surface area contributed by atoms with Crippen LogP contribution in [0.4, 0.5) is 0 Å². The van der Waals surface area contributed by atoms with Gasteiger partial charge in [0.1, 0.15) is 0 Å². The Morgan fingerprint density at radius 3 is 2.76 bits per heavy atom. The summed E-state index contributed by atoms with van der Waals surface area (Å²) in [5.41, 5.74) is 0. The molecule has 0 spiro atoms. The summed E-state index contributed by atoms with van der Waals surface area (Å²) >= 11 is 2.12. The van der Waals surface area contributed by atoms with Crippen LogP contribution in [0.5, 0.6) is 0 Å². The van der Waals surface area contributed by atoms with Gasteiger partial charge in [0.2, 0.25) is 0 Å². The molecule has 17 heavy (non-hydrogen) atoms. The zero-order valence-corrected chi connectivity index (χ0v) is 12.1. The fourth-order valence-electron chi connectivity index (χ4n) is 2.48. The van der Waals surface area contributed by atoms with Crippen LogP contribution >= 0.6 is 11.8 Å². The Morgan fingerprint density at radius 2 is 2.00 bits per heavy atom. The van der Waals surface area contributed by atoms with E-state index in [0.29, 0.717) is 0 Å². The van der Waals surface area contributed by atoms with Gasteiger partial charge in [0.15, 0.2) is 0 Å². The van der Waals surface area contributed by atoms with E-state index >= 15 is 0 Å². The highest BCUT2D eigenvalue weighted by Crippen LogP contribution is 2.19. The largest absolute Gasteiger partial charge is 0.314 e. The first-order valence-corrected chi connectivity index (χ1v) is 8.57. The Kier molecular flexibility index (Phi) is 6.16. The van der Waals surface area contributed by atoms with Crippen molar-refractivity contribution in [2.24, 2.45) is 0 Å². The quantitative estimate of drug-likeness (QED) is 0.672. The summed E-state index contributed by atoms with van der Waals surface area (Å²) in [6.07, 6.45) is 8.45. The van der Waals surface area contributed by atoms with Crippen LogP contribution in [-0.2, 0) is 0 Å². The third-order valence-electron chi connectivity index (χ3n) is 3.89. The smallest absolute Gasteiger partial charge is 0.0158 e. The first-order valence-electron chi connectivity index (χ1n) is 7.41. The Labute approximate surface area is 111 Å². The SMILES string of the molecule is CC1CSCCN1CCCCCCNC1CC1. The van der Waals surface area contributed by atoms with E-state index in [2.05, 4.69) is 28.9 Å². The topological polar surface area (TPSA) is 15.3 Å². The van der Waals surface area contributed by atoms with E-state index in [-0.39, 0.29) is 0 Å². The van der Waals surface area contributed by atoms with Crippen molar-refractivity contribution >= 4 is 11.8 Å². The van der Waals surface area contributed by atoms with Crippen LogP contribution in [0.3, 0.4) is 0 Å². The van der Waals surface area contributed by atoms with Crippen molar-refractivity contribution in [1.82, 2.24) is 10.2 Å². The summed E-state index contributed by atoms with van der Waals surface area (Å²) in [7, 11) is 0. The van der Waals surface area contributed by atoms with E-state index in [4.69, 9.17) is 0 Å². The number of unbranched alkanes of at least 4 members (excludes halogenated alkanes) is 3. The molecule has 1 saturated carbocycles. The van der Waals surface area contributed by atoms with E-state index in [9.17, 15) is 0 Å². The van der Waals surface area contributed by atoms with Gasteiger partial charge in [-0.2, -0.15) is 11.8 Å². The zero-order chi connectivity index (χ0) is 11.9. The molecule has 2 rings (SSSR count). The normalized spacial score (nSPS) is 26.3. The highest BCUT2D eigenvalue weighted by molar-refractivity contribution is 7.99. The van der Waals surface area contributed by atoms with Gasteiger partial charge >= 0.3 is 0 Å². The highest BCUT2D eigenvalue weighted by atomic mass is 32.2. The lowest BCUT2D eigenvalue weighted by Gasteiger charge is -2.32. The predicted molar refractivity (Wildman–Crippen MR) is 77.9 cm³/mol. The van der Waals surface area contributed by atoms with E-state index in [1.807, 2.05) is 0 Å². The average Bonchev–Trinajstić information content (AvgIpc) is 3.14. The Hall–Kier alpha value is 0.270. The molecule has 1 aliphatic carbocycles. The van der Waals surface area contributed by atoms with Crippen LogP contribution in [0.1, 0.15) is 45.4 Å². The summed E-state index contributed by atoms with van der Waals surface area (Å²) < 4.78 is 0. The van der Waals surface area contributed by atoms with E-state index in [0.717, 1.165) is 12.1 Å². The molecule has 100 valence electrons. The lowest BCUT2D eigenvalue weighted by Crippen LogP contribution is -2.40. The summed E-state index contributed by atoms with van der Waals surface area (Å²) in [5, 5.41) is 3.59. The van der Waals surface area contributed by atoms with Crippen LogP contribution < -0.4 is 5.32 Å². The number of nitrogens with one attached hydrogen (secondary N) is 1. The maximum atomic E-state index is 3.59. The first kappa shape index (κ1) is 13.7. The minimum atomic E-state index is 0.810. The second kappa shape index (κ2) is 7.65. The Bertz CT molecular complexity index is 206. The Balaban J connectivity index is 1.39. The minimum Gasteiger partial charge on any atom is -0.314 e. The van der Waals surface area contributed by atoms with Crippen LogP contribution in [0, 0.1) is 0 Å². The summed E-state index contributed by atoms with van der Waals surface area (Å²) in [6.45, 7) is 6.28. The van der Waals surface area contributed by atoms with Gasteiger partial charge in [-0.1, -0.05) is 12.8 Å². The summed E-state index contributed by atoms with van der Waals surface area (Å²) in [5.74, 6) is 2.68. The lowest BCUT2D eigenvalue weighted by molar-refractivity contribution is 0.227. The van der Waals surface area contributed by atoms with Gasteiger partial charge in [-0.3, -0.25) is 4.90 Å². The maximum Gasteiger partial charge on any atom is 0.0158 e. The first-order chi connectivity index (χ1) is 8.36. The van der Waals surface area contributed by atoms with Crippen LogP contribution in [0.25, 0.3) is 0 Å². The molecule has 0 radical (unpaired) electrons. The molecular weight excluding hydrogens is 228 g/mol. The van der Waals surface area contributed by atoms with Crippen LogP contribution in [-0.4, -0.2) is 48.1 Å². The van der Waals surface area contributed by atoms with Crippen LogP contribution in [0.2, 0.25) is 0 Å². The maximum absolute atomic E-state index is 3.59. The van der Waals surface area contributed by atoms with Crippen molar-refractivity contribution in [3.8, 4) is 0 Å². The number of thioether (sulfide) groups is 1. The fourth-order valence-corrected chi connectivity index (χ4v) is 3.56. The second-order valence-corrected chi connectivity index (χ2v) is 6.75. The Morgan fingerprint density at radius 1 is 1.18 bits per heavy atom. The number of hydrogen-bond acceptors (Lipinski definition) is 3. The van der Waals surface area contributed by atoms with Gasteiger partial charge < -0.3 is 5.32 Å². The van der Waals surface area contributed by atoms with Crippen molar-refractivity contribution < 1.29 is 0 Å². The molecule has 1 unspecified atom stereocenters. The molecule has 0 aromatic rings. The molecule has 0 amide bonds. The van der Waals surface area contributed by atoms with E-state index in [1.54, 1.807) is 0 Å². The van der Waals surface area contributed by atoms with E-state index in [1.165, 1.54) is 69.7 Å². The molecule has 1 heterocycles. The van der Waals surface area contributed by atoms with Gasteiger partial charge in [-0.05, 0) is 45.7 Å². The van der Waals surface area contributed by atoms with Gasteiger partial charge in [-0.15, -0.1) is 0 Å². The molecule has 0 bridgehead atoms. The molecule has 3 heteroatoms. The standard InChI is InChI=1S/C14H28N2S/c1-13-12-17-11-10-16(13)9-5-3-2-4-8-15-14-6-7-14/h13-15H,2-12H2,1H3. The molecule has 2 fully saturated rings. The molecule has 2 nitrogen and oxygen atoms in total. The van der Waals surface area contributed by atoms with Gasteiger partial charge in [-0.25, -0.2) is 0 Å². The number of hydrogen-bond donors (Lipinski definition) is 1. The molecule has 0 aromatic carbocycles. The monoisotopic (exact) mass is 256 g/mol. The third-order valence-corrected chi connectivity index (χ3v) is 5.08. The van der Waals surface area contributed by atoms with Gasteiger partial charge in [0.05, 0.1) is 0 Å². The van der Waals surface area contributed by atoms with Gasteiger partial charge in [0.25, 0.3) is 0 Å². The second-order valence-electron chi connectivity index (χ2n) is 5.60. The molecule has 2 aliphatic rings. The molecule has 1 N–H and O–H groups in total. The molecule has 1 saturated heterocycles. The van der Waals surface area contributed by atoms with Crippen molar-refractivity contribution in [3.63, 3.8) is 0 Å². The van der Waals surface area contributed by atoms with E-state index < -0.39 is 0 Å². The van der Waals surface area contributed by atoms with Crippen molar-refractivity contribution in [1.29, 1.82) is 0 Å². The molecule has 1 atom stereocenters. The highest BCUT2D eigenvalue weighted by Gasteiger charge is 2.19. The minimum absolute atomic E-state index is 0.810. The van der Waals surface area contributed by atoms with Gasteiger partial charge in [0, 0.05) is 30.1 Å². The van der Waals surface area contributed by atoms with Crippen LogP contribution in [0.15, 0.2) is 0 Å². The summed E-state index contributed by atoms with van der Waals surface area (Å²) in [6, 6.07) is 1.70. The predicted octanol–water partition coefficient (Wildman–Crippen LogP) is 2.74. The summed E-state index contributed by atoms with van der Waals surface area (Å²) in [4.78, 5) is 2.68. The molecule has 0 aromatic heterocycles. The van der Waals surface area contributed by atoms with Crippen molar-refractivity contribution in [2.75, 3.05) is 31.1 Å². The average molecular weight is 256 g/mol. The lowest BCUT2D eigenvalue weighted by atomic mass is 10.1. The molecule has 1 aliphatic heterocycles. The van der Waals surface area contributed by atoms with Crippen molar-refractivity contribution in [3.05, 3.63) is 0 Å². The fraction of sp³-hybridized carbons (Fsp3) is 1.00. The molecular formula is C14H28N2S. The third kappa shape index (κ3) is 5.62. The number of rotatable bonds is 8. The zero-order valence-electron chi connectivity index (χ0n) is 11.3. The van der Waals surface area contributed by atoms with Crippen molar-refractivity contribution in [2.45, 2.75) is 57.5 Å². The number of nitrogens with zero attached hydrogens (tertiary/aromatic N) is 1.